The first-order chi connectivity index (χ1) is 14.1. The largest absolute Gasteiger partial charge is 0.321 e. The van der Waals surface area contributed by atoms with Gasteiger partial charge < -0.3 is 5.32 Å². The van der Waals surface area contributed by atoms with E-state index in [1.54, 1.807) is 49.2 Å². The summed E-state index contributed by atoms with van der Waals surface area (Å²) in [6.45, 7) is 4.12. The molecule has 1 aromatic heterocycles. The van der Waals surface area contributed by atoms with Gasteiger partial charge in [-0.05, 0) is 49.1 Å². The van der Waals surface area contributed by atoms with Gasteiger partial charge in [-0.2, -0.15) is 16.1 Å². The molecule has 1 saturated heterocycles. The Balaban J connectivity index is 1.79. The summed E-state index contributed by atoms with van der Waals surface area (Å²) in [4.78, 5) is 12.9. The Morgan fingerprint density at radius 1 is 1.13 bits per heavy atom. The number of thioether (sulfide) groups is 1. The number of benzene rings is 1. The van der Waals surface area contributed by atoms with Crippen molar-refractivity contribution in [1.29, 1.82) is 0 Å². The maximum absolute atomic E-state index is 13.0. The van der Waals surface area contributed by atoms with E-state index in [1.165, 1.54) is 10.4 Å². The highest BCUT2D eigenvalue weighted by Crippen LogP contribution is 2.28. The first-order valence-corrected chi connectivity index (χ1v) is 14.3. The molecule has 1 aromatic carbocycles. The zero-order valence-electron chi connectivity index (χ0n) is 16.5. The van der Waals surface area contributed by atoms with Gasteiger partial charge in [0.2, 0.25) is 20.0 Å². The third-order valence-electron chi connectivity index (χ3n) is 4.55. The Hall–Kier alpha value is -1.60. The molecule has 2 N–H and O–H groups in total. The van der Waals surface area contributed by atoms with Crippen molar-refractivity contribution in [3.63, 3.8) is 0 Å². The quantitative estimate of drug-likeness (QED) is 0.618. The van der Waals surface area contributed by atoms with Crippen molar-refractivity contribution in [3.8, 4) is 0 Å². The highest BCUT2D eigenvalue weighted by atomic mass is 32.2. The molecular weight excluding hydrogens is 466 g/mol. The number of thiophene rings is 1. The SMILES string of the molecule is CCS(=O)(=O)Nc1ccc(NC(=O)c2sccc2S(=O)(=O)N2CCSCC2)cc1C. The lowest BCUT2D eigenvalue weighted by Crippen LogP contribution is -2.38. The van der Waals surface area contributed by atoms with E-state index in [0.29, 0.717) is 30.0 Å². The summed E-state index contributed by atoms with van der Waals surface area (Å²) in [7, 11) is -7.14. The van der Waals surface area contributed by atoms with Crippen LogP contribution in [0.2, 0.25) is 0 Å². The lowest BCUT2D eigenvalue weighted by atomic mass is 10.2. The minimum Gasteiger partial charge on any atom is -0.321 e. The van der Waals surface area contributed by atoms with Gasteiger partial charge in [0.15, 0.2) is 0 Å². The first kappa shape index (κ1) is 23.1. The molecule has 8 nitrogen and oxygen atoms in total. The van der Waals surface area contributed by atoms with Crippen LogP contribution in [-0.2, 0) is 20.0 Å². The van der Waals surface area contributed by atoms with Crippen LogP contribution in [0, 0.1) is 6.92 Å². The van der Waals surface area contributed by atoms with Gasteiger partial charge in [-0.1, -0.05) is 0 Å². The average Bonchev–Trinajstić information content (AvgIpc) is 3.22. The molecule has 2 aromatic rings. The smallest absolute Gasteiger partial charge is 0.267 e. The zero-order chi connectivity index (χ0) is 21.9. The van der Waals surface area contributed by atoms with Crippen molar-refractivity contribution < 1.29 is 21.6 Å². The number of sulfonamides is 2. The molecule has 30 heavy (non-hydrogen) atoms. The van der Waals surface area contributed by atoms with Gasteiger partial charge in [0, 0.05) is 30.3 Å². The van der Waals surface area contributed by atoms with Crippen LogP contribution >= 0.6 is 23.1 Å². The summed E-state index contributed by atoms with van der Waals surface area (Å²) in [6, 6.07) is 6.23. The maximum Gasteiger partial charge on any atom is 0.267 e. The van der Waals surface area contributed by atoms with Crippen LogP contribution in [0.25, 0.3) is 0 Å². The van der Waals surface area contributed by atoms with E-state index >= 15 is 0 Å². The number of anilines is 2. The third-order valence-corrected chi connectivity index (χ3v) is 9.77. The van der Waals surface area contributed by atoms with Crippen LogP contribution in [0.1, 0.15) is 22.2 Å². The molecule has 1 fully saturated rings. The van der Waals surface area contributed by atoms with E-state index in [2.05, 4.69) is 10.0 Å². The summed E-state index contributed by atoms with van der Waals surface area (Å²) in [6.07, 6.45) is 0. The Morgan fingerprint density at radius 3 is 2.47 bits per heavy atom. The molecule has 3 rings (SSSR count). The van der Waals surface area contributed by atoms with Crippen molar-refractivity contribution in [1.82, 2.24) is 4.31 Å². The molecule has 0 unspecified atom stereocenters. The summed E-state index contributed by atoms with van der Waals surface area (Å²) in [5, 5.41) is 4.30. The fraction of sp³-hybridized carbons (Fsp3) is 0.389. The second-order valence-corrected chi connectivity index (χ2v) is 12.7. The highest BCUT2D eigenvalue weighted by molar-refractivity contribution is 7.99. The fourth-order valence-electron chi connectivity index (χ4n) is 2.88. The van der Waals surface area contributed by atoms with Crippen molar-refractivity contribution >= 4 is 60.4 Å². The van der Waals surface area contributed by atoms with Gasteiger partial charge in [0.1, 0.15) is 9.77 Å². The Labute approximate surface area is 185 Å². The van der Waals surface area contributed by atoms with Gasteiger partial charge in [-0.25, -0.2) is 16.8 Å². The van der Waals surface area contributed by atoms with Gasteiger partial charge in [0.25, 0.3) is 5.91 Å². The highest BCUT2D eigenvalue weighted by Gasteiger charge is 2.31. The van der Waals surface area contributed by atoms with E-state index in [0.717, 1.165) is 22.8 Å². The molecule has 12 heteroatoms. The van der Waals surface area contributed by atoms with Crippen LogP contribution in [0.4, 0.5) is 11.4 Å². The number of amides is 1. The van der Waals surface area contributed by atoms with Crippen LogP contribution < -0.4 is 10.0 Å². The van der Waals surface area contributed by atoms with E-state index in [4.69, 9.17) is 0 Å². The molecule has 0 bridgehead atoms. The van der Waals surface area contributed by atoms with Crippen LogP contribution in [0.3, 0.4) is 0 Å². The molecule has 1 aliphatic rings. The van der Waals surface area contributed by atoms with Crippen LogP contribution in [-0.4, -0.2) is 57.4 Å². The Bertz CT molecular complexity index is 1140. The second-order valence-electron chi connectivity index (χ2n) is 6.62. The average molecular weight is 490 g/mol. The third kappa shape index (κ3) is 5.17. The van der Waals surface area contributed by atoms with Gasteiger partial charge in [-0.15, -0.1) is 11.3 Å². The van der Waals surface area contributed by atoms with E-state index in [9.17, 15) is 21.6 Å². The van der Waals surface area contributed by atoms with E-state index < -0.39 is 26.0 Å². The number of rotatable bonds is 7. The van der Waals surface area contributed by atoms with Gasteiger partial charge >= 0.3 is 0 Å². The molecule has 0 radical (unpaired) electrons. The molecule has 1 amide bonds. The lowest BCUT2D eigenvalue weighted by molar-refractivity contribution is 0.102. The summed E-state index contributed by atoms with van der Waals surface area (Å²) in [5.41, 5.74) is 1.51. The minimum absolute atomic E-state index is 0.0148. The summed E-state index contributed by atoms with van der Waals surface area (Å²) >= 11 is 2.78. The number of carbonyl (C=O) groups excluding carboxylic acids is 1. The Kier molecular flexibility index (Phi) is 7.13. The van der Waals surface area contributed by atoms with Crippen molar-refractivity contribution in [2.24, 2.45) is 0 Å². The second kappa shape index (κ2) is 9.27. The molecule has 0 atom stereocenters. The van der Waals surface area contributed by atoms with Gasteiger partial charge in [0.05, 0.1) is 11.4 Å². The number of nitrogens with zero attached hydrogens (tertiary/aromatic N) is 1. The predicted octanol–water partition coefficient (Wildman–Crippen LogP) is 2.81. The molecule has 0 spiro atoms. The van der Waals surface area contributed by atoms with Crippen LogP contribution in [0.15, 0.2) is 34.5 Å². The standard InChI is InChI=1S/C18H23N3O5S4/c1-3-29(23,24)20-15-5-4-14(12-13(15)2)19-18(22)17-16(6-9-28-17)30(25,26)21-7-10-27-11-8-21/h4-6,9,12,20H,3,7-8,10-11H2,1-2H3,(H,19,22). The molecule has 2 heterocycles. The minimum atomic E-state index is -3.73. The molecule has 164 valence electrons. The monoisotopic (exact) mass is 489 g/mol. The number of hydrogen-bond acceptors (Lipinski definition) is 7. The van der Waals surface area contributed by atoms with Gasteiger partial charge in [-0.3, -0.25) is 9.52 Å². The summed E-state index contributed by atoms with van der Waals surface area (Å²) < 4.78 is 53.3. The maximum atomic E-state index is 13.0. The van der Waals surface area contributed by atoms with E-state index in [1.807, 2.05) is 0 Å². The topological polar surface area (TPSA) is 113 Å². The van der Waals surface area contributed by atoms with Crippen molar-refractivity contribution in [2.45, 2.75) is 18.7 Å². The Morgan fingerprint density at radius 2 is 1.83 bits per heavy atom. The normalized spacial score (nSPS) is 15.7. The van der Waals surface area contributed by atoms with Crippen molar-refractivity contribution in [2.75, 3.05) is 40.4 Å². The summed E-state index contributed by atoms with van der Waals surface area (Å²) in [5.74, 6) is 0.906. The zero-order valence-corrected chi connectivity index (χ0v) is 19.8. The fourth-order valence-corrected chi connectivity index (χ4v) is 7.46. The molecule has 1 aliphatic heterocycles. The number of nitrogens with one attached hydrogen (secondary N) is 2. The molecule has 0 saturated carbocycles. The molecule has 0 aliphatic carbocycles. The molecular formula is C18H23N3O5S4. The van der Waals surface area contributed by atoms with E-state index in [-0.39, 0.29) is 15.5 Å². The lowest BCUT2D eigenvalue weighted by Gasteiger charge is -2.25. The number of carbonyl (C=O) groups is 1. The number of hydrogen-bond donors (Lipinski definition) is 2. The van der Waals surface area contributed by atoms with Crippen LogP contribution in [0.5, 0.6) is 0 Å². The predicted molar refractivity (Wildman–Crippen MR) is 123 cm³/mol. The van der Waals surface area contributed by atoms with Crippen molar-refractivity contribution in [3.05, 3.63) is 40.1 Å². The first-order valence-electron chi connectivity index (χ1n) is 9.22. The number of aryl methyl sites for hydroxylation is 1.